The predicted octanol–water partition coefficient (Wildman–Crippen LogP) is 4.44. The van der Waals surface area contributed by atoms with Crippen molar-refractivity contribution in [1.29, 1.82) is 0 Å². The van der Waals surface area contributed by atoms with E-state index < -0.39 is 18.0 Å². The van der Waals surface area contributed by atoms with Crippen molar-refractivity contribution in [3.05, 3.63) is 35.9 Å². The van der Waals surface area contributed by atoms with Crippen LogP contribution in [0.3, 0.4) is 0 Å². The van der Waals surface area contributed by atoms with Gasteiger partial charge in [-0.15, -0.1) is 0 Å². The van der Waals surface area contributed by atoms with E-state index in [-0.39, 0.29) is 19.4 Å². The molecule has 39 heavy (non-hydrogen) atoms. The second-order valence-electron chi connectivity index (χ2n) is 6.78. The van der Waals surface area contributed by atoms with Gasteiger partial charge in [-0.05, 0) is 19.0 Å². The van der Waals surface area contributed by atoms with Crippen molar-refractivity contribution in [3.8, 4) is 0 Å². The molecule has 0 aliphatic rings. The molecular weight excluding hydrogens is 500 g/mol. The third-order valence-corrected chi connectivity index (χ3v) is 3.51. The Balaban J connectivity index is -0.000000164. The summed E-state index contributed by atoms with van der Waals surface area (Å²) in [5, 5.41) is 5.34. The molecule has 0 aliphatic heterocycles. The number of nitrogens with one attached hydrogen (secondary N) is 2. The molecule has 0 radical (unpaired) electrons. The zero-order chi connectivity index (χ0) is 31.2. The average Bonchev–Trinajstić information content (AvgIpc) is 2.98. The molecule has 232 valence electrons. The van der Waals surface area contributed by atoms with Gasteiger partial charge in [0.1, 0.15) is 12.9 Å². The normalized spacial score (nSPS) is 9.38. The summed E-state index contributed by atoms with van der Waals surface area (Å²) in [5.74, 6) is -0.522. The third-order valence-electron chi connectivity index (χ3n) is 3.51. The summed E-state index contributed by atoms with van der Waals surface area (Å²) in [6.45, 7) is 20.5. The van der Waals surface area contributed by atoms with Crippen LogP contribution in [0.15, 0.2) is 30.3 Å². The molecule has 0 spiro atoms. The maximum absolute atomic E-state index is 11.4. The fourth-order valence-corrected chi connectivity index (χ4v) is 1.97. The van der Waals surface area contributed by atoms with Gasteiger partial charge in [-0.3, -0.25) is 4.79 Å². The van der Waals surface area contributed by atoms with Crippen molar-refractivity contribution < 1.29 is 28.6 Å². The number of likely N-dealkylation sites (N-methyl/N-ethyl adjacent to an activating group) is 1. The number of ether oxygens (including phenoxy) is 3. The Labute approximate surface area is 238 Å². The highest BCUT2D eigenvalue weighted by molar-refractivity contribution is 5.76. The molecule has 0 saturated carbocycles. The van der Waals surface area contributed by atoms with E-state index in [4.69, 9.17) is 25.7 Å². The van der Waals surface area contributed by atoms with Crippen LogP contribution in [0.25, 0.3) is 0 Å². The first-order valence-electron chi connectivity index (χ1n) is 14.2. The zero-order valence-electron chi connectivity index (χ0n) is 26.2. The van der Waals surface area contributed by atoms with Gasteiger partial charge in [-0.1, -0.05) is 92.1 Å². The molecule has 0 aliphatic carbocycles. The number of benzene rings is 1. The largest absolute Gasteiger partial charge is 0.445 e. The van der Waals surface area contributed by atoms with E-state index in [1.165, 1.54) is 6.42 Å². The molecule has 0 heterocycles. The summed E-state index contributed by atoms with van der Waals surface area (Å²) in [6, 6.07) is 8.39. The number of carbonyl (C=O) groups excluding carboxylic acids is 3. The van der Waals surface area contributed by atoms with Gasteiger partial charge in [-0.2, -0.15) is 0 Å². The van der Waals surface area contributed by atoms with Crippen molar-refractivity contribution in [2.45, 2.75) is 87.3 Å². The highest BCUT2D eigenvalue weighted by Crippen LogP contribution is 2.01. The lowest BCUT2D eigenvalue weighted by molar-refractivity contribution is -0.118. The van der Waals surface area contributed by atoms with Crippen molar-refractivity contribution in [3.63, 3.8) is 0 Å². The molecule has 1 unspecified atom stereocenters. The molecule has 0 aromatic heterocycles. The van der Waals surface area contributed by atoms with Gasteiger partial charge < -0.3 is 41.1 Å². The standard InChI is InChI=1S/C13H16N2O4.C7H18N2O2.C3H8.3C2H6/c14-12(17)7-6-11(8-16)15-13(18)19-9-10-4-2-1-3-5-10;1-9-3-5-11-7-6-10-4-2-8;1-3-2;3*1-2/h1-5,8,11H,6-7,9H2,(H2,14,17)(H,15,18);9H,2-8H2,1H3;3H2,1-2H3;3*1-2H3. The van der Waals surface area contributed by atoms with Crippen LogP contribution >= 0.6 is 0 Å². The Morgan fingerprint density at radius 1 is 0.923 bits per heavy atom. The minimum absolute atomic E-state index is 0.0301. The van der Waals surface area contributed by atoms with E-state index in [1.807, 2.05) is 78.9 Å². The fourth-order valence-electron chi connectivity index (χ4n) is 1.97. The Bertz CT molecular complexity index is 584. The van der Waals surface area contributed by atoms with E-state index in [2.05, 4.69) is 24.5 Å². The number of amides is 2. The average molecular weight is 561 g/mol. The lowest BCUT2D eigenvalue weighted by atomic mass is 10.2. The maximum atomic E-state index is 11.4. The summed E-state index contributed by atoms with van der Waals surface area (Å²) in [7, 11) is 1.90. The molecule has 1 atom stereocenters. The van der Waals surface area contributed by atoms with Crippen LogP contribution < -0.4 is 22.1 Å². The smallest absolute Gasteiger partial charge is 0.408 e. The van der Waals surface area contributed by atoms with Gasteiger partial charge in [0.15, 0.2) is 0 Å². The number of nitrogens with two attached hydrogens (primary N) is 2. The molecule has 1 rings (SSSR count). The van der Waals surface area contributed by atoms with Crippen molar-refractivity contribution in [1.82, 2.24) is 10.6 Å². The predicted molar refractivity (Wildman–Crippen MR) is 163 cm³/mol. The summed E-state index contributed by atoms with van der Waals surface area (Å²) < 4.78 is 15.2. The molecule has 2 amide bonds. The molecule has 0 bridgehead atoms. The number of primary amides is 1. The third kappa shape index (κ3) is 45.8. The number of hydrogen-bond acceptors (Lipinski definition) is 8. The minimum Gasteiger partial charge on any atom is -0.445 e. The van der Waals surface area contributed by atoms with Gasteiger partial charge in [-0.25, -0.2) is 4.79 Å². The molecule has 10 nitrogen and oxygen atoms in total. The van der Waals surface area contributed by atoms with Crippen molar-refractivity contribution in [2.24, 2.45) is 11.5 Å². The molecule has 6 N–H and O–H groups in total. The molecule has 0 saturated heterocycles. The van der Waals surface area contributed by atoms with Gasteiger partial charge in [0, 0.05) is 19.5 Å². The molecule has 1 aromatic carbocycles. The van der Waals surface area contributed by atoms with Crippen LogP contribution in [0, 0.1) is 0 Å². The molecule has 10 heteroatoms. The summed E-state index contributed by atoms with van der Waals surface area (Å²) in [6.07, 6.45) is 1.29. The SMILES string of the molecule is CC.CC.CC.CCC.CNCCOCCOCCN.NC(=O)CCC(C=O)NC(=O)OCc1ccccc1. The van der Waals surface area contributed by atoms with E-state index in [9.17, 15) is 14.4 Å². The summed E-state index contributed by atoms with van der Waals surface area (Å²) in [5.41, 5.74) is 11.0. The Kier molecular flexibility index (Phi) is 53.9. The van der Waals surface area contributed by atoms with Crippen LogP contribution in [-0.4, -0.2) is 70.9 Å². The Morgan fingerprint density at radius 2 is 1.44 bits per heavy atom. The van der Waals surface area contributed by atoms with Gasteiger partial charge in [0.05, 0.1) is 32.5 Å². The topological polar surface area (TPSA) is 155 Å². The maximum Gasteiger partial charge on any atom is 0.408 e. The summed E-state index contributed by atoms with van der Waals surface area (Å²) in [4.78, 5) is 32.7. The van der Waals surface area contributed by atoms with Crippen molar-refractivity contribution in [2.75, 3.05) is 46.6 Å². The number of carbonyl (C=O) groups is 3. The van der Waals surface area contributed by atoms with E-state index in [1.54, 1.807) is 0 Å². The number of aldehydes is 1. The quantitative estimate of drug-likeness (QED) is 0.181. The molecular formula is C29H60N4O6. The number of alkyl carbamates (subject to hydrolysis) is 1. The van der Waals surface area contributed by atoms with Gasteiger partial charge >= 0.3 is 6.09 Å². The van der Waals surface area contributed by atoms with E-state index >= 15 is 0 Å². The van der Waals surface area contributed by atoms with Crippen LogP contribution in [0.2, 0.25) is 0 Å². The van der Waals surface area contributed by atoms with Gasteiger partial charge in [0.2, 0.25) is 5.91 Å². The molecule has 0 fully saturated rings. The van der Waals surface area contributed by atoms with Gasteiger partial charge in [0.25, 0.3) is 0 Å². The Hall–Kier alpha value is -2.53. The van der Waals surface area contributed by atoms with Crippen LogP contribution in [0.5, 0.6) is 0 Å². The van der Waals surface area contributed by atoms with Crippen LogP contribution in [0.1, 0.15) is 80.2 Å². The number of hydrogen-bond donors (Lipinski definition) is 4. The zero-order valence-corrected chi connectivity index (χ0v) is 26.2. The van der Waals surface area contributed by atoms with Crippen LogP contribution in [0.4, 0.5) is 4.79 Å². The molecule has 1 aromatic rings. The van der Waals surface area contributed by atoms with Crippen molar-refractivity contribution >= 4 is 18.3 Å². The Morgan fingerprint density at radius 3 is 1.87 bits per heavy atom. The lowest BCUT2D eigenvalue weighted by Crippen LogP contribution is -2.37. The fraction of sp³-hybridized carbons (Fsp3) is 0.690. The second kappa shape index (κ2) is 45.4. The highest BCUT2D eigenvalue weighted by atomic mass is 16.5. The second-order valence-corrected chi connectivity index (χ2v) is 6.78. The highest BCUT2D eigenvalue weighted by Gasteiger charge is 2.13. The first kappa shape index (κ1) is 46.3. The summed E-state index contributed by atoms with van der Waals surface area (Å²) >= 11 is 0. The minimum atomic E-state index is -0.768. The first-order valence-corrected chi connectivity index (χ1v) is 14.2. The monoisotopic (exact) mass is 560 g/mol. The number of rotatable bonds is 15. The first-order chi connectivity index (χ1) is 18.9. The van der Waals surface area contributed by atoms with Crippen LogP contribution in [-0.2, 0) is 30.4 Å². The van der Waals surface area contributed by atoms with E-state index in [0.717, 1.165) is 18.7 Å². The van der Waals surface area contributed by atoms with E-state index in [0.29, 0.717) is 32.7 Å². The lowest BCUT2D eigenvalue weighted by Gasteiger charge is -2.12.